The Morgan fingerprint density at radius 2 is 2.00 bits per heavy atom. The van der Waals surface area contributed by atoms with Crippen molar-refractivity contribution < 1.29 is 14.6 Å². The third kappa shape index (κ3) is 8.90. The molecule has 13 heavy (non-hydrogen) atoms. The van der Waals surface area contributed by atoms with Gasteiger partial charge < -0.3 is 9.84 Å². The number of carbonyl (C=O) groups excluding carboxylic acids is 1. The van der Waals surface area contributed by atoms with Crippen molar-refractivity contribution in [3.05, 3.63) is 0 Å². The van der Waals surface area contributed by atoms with Crippen molar-refractivity contribution in [1.29, 1.82) is 0 Å². The lowest BCUT2D eigenvalue weighted by molar-refractivity contribution is -0.140. The van der Waals surface area contributed by atoms with Crippen molar-refractivity contribution >= 4 is 5.97 Å². The SMILES string of the molecule is COC(=O)CCC#CCCCCO. The van der Waals surface area contributed by atoms with Gasteiger partial charge >= 0.3 is 5.97 Å². The summed E-state index contributed by atoms with van der Waals surface area (Å²) in [4.78, 5) is 10.6. The molecule has 0 aliphatic heterocycles. The Labute approximate surface area is 79.1 Å². The maximum absolute atomic E-state index is 10.6. The van der Waals surface area contributed by atoms with E-state index < -0.39 is 0 Å². The van der Waals surface area contributed by atoms with Gasteiger partial charge in [0.05, 0.1) is 13.5 Å². The molecule has 0 unspecified atom stereocenters. The van der Waals surface area contributed by atoms with Gasteiger partial charge in [0.1, 0.15) is 0 Å². The number of hydrogen-bond donors (Lipinski definition) is 1. The Bertz CT molecular complexity index is 188. The van der Waals surface area contributed by atoms with Crippen molar-refractivity contribution in [3.63, 3.8) is 0 Å². The van der Waals surface area contributed by atoms with Crippen molar-refractivity contribution in [2.24, 2.45) is 0 Å². The van der Waals surface area contributed by atoms with Gasteiger partial charge in [0.2, 0.25) is 0 Å². The molecule has 0 bridgehead atoms. The molecule has 0 heterocycles. The number of carbonyl (C=O) groups is 1. The molecular formula is C10H16O3. The van der Waals surface area contributed by atoms with E-state index in [0.717, 1.165) is 19.3 Å². The van der Waals surface area contributed by atoms with E-state index in [2.05, 4.69) is 16.6 Å². The van der Waals surface area contributed by atoms with Crippen molar-refractivity contribution in [1.82, 2.24) is 0 Å². The highest BCUT2D eigenvalue weighted by molar-refractivity contribution is 5.69. The van der Waals surface area contributed by atoms with Gasteiger partial charge in [-0.3, -0.25) is 4.79 Å². The summed E-state index contributed by atoms with van der Waals surface area (Å²) in [6.45, 7) is 0.226. The van der Waals surface area contributed by atoms with Crippen LogP contribution in [-0.4, -0.2) is 24.8 Å². The van der Waals surface area contributed by atoms with Crippen LogP contribution in [0.1, 0.15) is 32.1 Å². The molecule has 0 aromatic rings. The molecule has 0 aromatic heterocycles. The second-order valence-corrected chi connectivity index (χ2v) is 2.61. The van der Waals surface area contributed by atoms with Crippen molar-refractivity contribution in [2.45, 2.75) is 32.1 Å². The molecule has 0 aliphatic carbocycles. The lowest BCUT2D eigenvalue weighted by Crippen LogP contribution is -1.98. The standard InChI is InChI=1S/C10H16O3/c1-13-10(12)8-6-4-2-3-5-7-9-11/h11H,3,5-9H2,1H3. The molecule has 0 aliphatic rings. The Hall–Kier alpha value is -1.01. The maximum Gasteiger partial charge on any atom is 0.306 e. The number of rotatable bonds is 5. The smallest absolute Gasteiger partial charge is 0.306 e. The number of methoxy groups -OCH3 is 1. The van der Waals surface area contributed by atoms with Gasteiger partial charge in [0, 0.05) is 19.4 Å². The fourth-order valence-corrected chi connectivity index (χ4v) is 0.769. The number of unbranched alkanes of at least 4 members (excludes halogenated alkanes) is 2. The van der Waals surface area contributed by atoms with E-state index in [-0.39, 0.29) is 12.6 Å². The van der Waals surface area contributed by atoms with Crippen LogP contribution in [-0.2, 0) is 9.53 Å². The van der Waals surface area contributed by atoms with E-state index in [1.54, 1.807) is 0 Å². The fourth-order valence-electron chi connectivity index (χ4n) is 0.769. The monoisotopic (exact) mass is 184 g/mol. The van der Waals surface area contributed by atoms with Crippen LogP contribution in [0.5, 0.6) is 0 Å². The van der Waals surface area contributed by atoms with Gasteiger partial charge in [-0.1, -0.05) is 0 Å². The molecule has 0 amide bonds. The Morgan fingerprint density at radius 3 is 2.62 bits per heavy atom. The van der Waals surface area contributed by atoms with E-state index in [9.17, 15) is 4.79 Å². The number of aliphatic hydroxyl groups is 1. The van der Waals surface area contributed by atoms with E-state index >= 15 is 0 Å². The first-order chi connectivity index (χ1) is 6.31. The highest BCUT2D eigenvalue weighted by Gasteiger charge is 1.95. The lowest BCUT2D eigenvalue weighted by Gasteiger charge is -1.92. The minimum atomic E-state index is -0.218. The molecule has 0 rings (SSSR count). The van der Waals surface area contributed by atoms with Gasteiger partial charge in [-0.15, -0.1) is 11.8 Å². The highest BCUT2D eigenvalue weighted by Crippen LogP contribution is 1.93. The van der Waals surface area contributed by atoms with Crippen LogP contribution < -0.4 is 0 Å². The molecular weight excluding hydrogens is 168 g/mol. The molecule has 1 N–H and O–H groups in total. The lowest BCUT2D eigenvalue weighted by atomic mass is 10.2. The average molecular weight is 184 g/mol. The van der Waals surface area contributed by atoms with Crippen LogP contribution in [0.2, 0.25) is 0 Å². The first kappa shape index (κ1) is 12.0. The number of aliphatic hydroxyl groups excluding tert-OH is 1. The molecule has 0 spiro atoms. The summed E-state index contributed by atoms with van der Waals surface area (Å²) < 4.78 is 4.46. The van der Waals surface area contributed by atoms with Crippen molar-refractivity contribution in [2.75, 3.05) is 13.7 Å². The molecule has 0 fully saturated rings. The third-order valence-corrected chi connectivity index (χ3v) is 1.52. The zero-order valence-corrected chi connectivity index (χ0v) is 8.01. The zero-order valence-electron chi connectivity index (χ0n) is 8.01. The predicted molar refractivity (Wildman–Crippen MR) is 50.0 cm³/mol. The van der Waals surface area contributed by atoms with Crippen LogP contribution in [0, 0.1) is 11.8 Å². The summed E-state index contributed by atoms with van der Waals surface area (Å²) in [5.74, 6) is 5.59. The van der Waals surface area contributed by atoms with Crippen LogP contribution in [0.25, 0.3) is 0 Å². The van der Waals surface area contributed by atoms with Gasteiger partial charge in [-0.25, -0.2) is 0 Å². The summed E-state index contributed by atoms with van der Waals surface area (Å²) in [5.41, 5.74) is 0. The van der Waals surface area contributed by atoms with Crippen LogP contribution in [0.15, 0.2) is 0 Å². The predicted octanol–water partition coefficient (Wildman–Crippen LogP) is 1.11. The van der Waals surface area contributed by atoms with Crippen molar-refractivity contribution in [3.8, 4) is 11.8 Å². The van der Waals surface area contributed by atoms with Crippen LogP contribution in [0.3, 0.4) is 0 Å². The molecule has 0 saturated heterocycles. The summed E-state index contributed by atoms with van der Waals surface area (Å²) in [5, 5.41) is 8.46. The van der Waals surface area contributed by atoms with E-state index in [0.29, 0.717) is 12.8 Å². The van der Waals surface area contributed by atoms with Crippen LogP contribution >= 0.6 is 0 Å². The molecule has 74 valence electrons. The topological polar surface area (TPSA) is 46.5 Å². The minimum Gasteiger partial charge on any atom is -0.469 e. The van der Waals surface area contributed by atoms with Crippen LogP contribution in [0.4, 0.5) is 0 Å². The molecule has 3 heteroatoms. The number of esters is 1. The summed E-state index contributed by atoms with van der Waals surface area (Å²) in [6, 6.07) is 0. The summed E-state index contributed by atoms with van der Waals surface area (Å²) in [6.07, 6.45) is 3.43. The second kappa shape index (κ2) is 9.08. The molecule has 0 radical (unpaired) electrons. The molecule has 0 saturated carbocycles. The normalized spacial score (nSPS) is 8.77. The maximum atomic E-state index is 10.6. The number of hydrogen-bond acceptors (Lipinski definition) is 3. The summed E-state index contributed by atoms with van der Waals surface area (Å²) >= 11 is 0. The fraction of sp³-hybridized carbons (Fsp3) is 0.700. The van der Waals surface area contributed by atoms with Gasteiger partial charge in [0.25, 0.3) is 0 Å². The second-order valence-electron chi connectivity index (χ2n) is 2.61. The van der Waals surface area contributed by atoms with Gasteiger partial charge in [-0.2, -0.15) is 0 Å². The first-order valence-electron chi connectivity index (χ1n) is 4.44. The van der Waals surface area contributed by atoms with Gasteiger partial charge in [-0.05, 0) is 12.8 Å². The zero-order chi connectivity index (χ0) is 9.94. The Morgan fingerprint density at radius 1 is 1.31 bits per heavy atom. The van der Waals surface area contributed by atoms with E-state index in [1.807, 2.05) is 0 Å². The quantitative estimate of drug-likeness (QED) is 0.395. The minimum absolute atomic E-state index is 0.218. The number of ether oxygens (including phenoxy) is 1. The Balaban J connectivity index is 3.25. The highest BCUT2D eigenvalue weighted by atomic mass is 16.5. The Kier molecular flexibility index (Phi) is 8.38. The van der Waals surface area contributed by atoms with Gasteiger partial charge in [0.15, 0.2) is 0 Å². The molecule has 3 nitrogen and oxygen atoms in total. The molecule has 0 atom stereocenters. The largest absolute Gasteiger partial charge is 0.469 e. The van der Waals surface area contributed by atoms with E-state index in [4.69, 9.17) is 5.11 Å². The van der Waals surface area contributed by atoms with E-state index in [1.165, 1.54) is 7.11 Å². The average Bonchev–Trinajstić information content (AvgIpc) is 2.16. The molecule has 0 aromatic carbocycles. The summed E-state index contributed by atoms with van der Waals surface area (Å²) in [7, 11) is 1.37. The first-order valence-corrected chi connectivity index (χ1v) is 4.44. The third-order valence-electron chi connectivity index (χ3n) is 1.52.